The molecule has 0 fully saturated rings. The van der Waals surface area contributed by atoms with Gasteiger partial charge >= 0.3 is 0 Å². The monoisotopic (exact) mass is 218 g/mol. The number of hydrogen-bond acceptors (Lipinski definition) is 1. The molecule has 88 valence electrons. The van der Waals surface area contributed by atoms with Crippen molar-refractivity contribution in [3.05, 3.63) is 35.4 Å². The van der Waals surface area contributed by atoms with Crippen LogP contribution in [0.25, 0.3) is 0 Å². The van der Waals surface area contributed by atoms with Gasteiger partial charge in [0.05, 0.1) is 6.10 Å². The molecule has 0 spiro atoms. The lowest BCUT2D eigenvalue weighted by Crippen LogP contribution is -2.22. The molecule has 0 amide bonds. The molecule has 0 aromatic heterocycles. The van der Waals surface area contributed by atoms with E-state index in [0.29, 0.717) is 6.10 Å². The molecule has 1 aliphatic rings. The minimum atomic E-state index is 0.465. The zero-order valence-electron chi connectivity index (χ0n) is 10.2. The number of hydrogen-bond donors (Lipinski definition) is 0. The standard InChI is InChI=1S/C15H22O/c1-2-3-6-11-16-15-10-9-13-7-4-5-8-14(13)12-15/h4-5,7-8,15H,2-3,6,9-12H2,1H3. The van der Waals surface area contributed by atoms with Gasteiger partial charge in [-0.15, -0.1) is 0 Å². The summed E-state index contributed by atoms with van der Waals surface area (Å²) in [6.45, 7) is 3.18. The van der Waals surface area contributed by atoms with Crippen LogP contribution < -0.4 is 0 Å². The Hall–Kier alpha value is -0.820. The van der Waals surface area contributed by atoms with Gasteiger partial charge in [0.15, 0.2) is 0 Å². The first-order valence-electron chi connectivity index (χ1n) is 6.58. The van der Waals surface area contributed by atoms with Crippen molar-refractivity contribution >= 4 is 0 Å². The highest BCUT2D eigenvalue weighted by molar-refractivity contribution is 5.29. The molecule has 1 aliphatic carbocycles. The Morgan fingerprint density at radius 2 is 2.00 bits per heavy atom. The van der Waals surface area contributed by atoms with E-state index in [1.807, 2.05) is 0 Å². The van der Waals surface area contributed by atoms with Crippen LogP contribution in [0.15, 0.2) is 24.3 Å². The molecule has 2 rings (SSSR count). The summed E-state index contributed by atoms with van der Waals surface area (Å²) in [5.74, 6) is 0. The van der Waals surface area contributed by atoms with E-state index in [4.69, 9.17) is 4.74 Å². The zero-order chi connectivity index (χ0) is 11.2. The Bertz CT molecular complexity index is 319. The van der Waals surface area contributed by atoms with Crippen LogP contribution >= 0.6 is 0 Å². The second-order valence-electron chi connectivity index (χ2n) is 4.71. The fourth-order valence-corrected chi connectivity index (χ4v) is 2.41. The molecule has 1 atom stereocenters. The van der Waals surface area contributed by atoms with Gasteiger partial charge in [-0.05, 0) is 36.8 Å². The smallest absolute Gasteiger partial charge is 0.0618 e. The lowest BCUT2D eigenvalue weighted by atomic mass is 9.90. The van der Waals surface area contributed by atoms with Gasteiger partial charge in [0.1, 0.15) is 0 Å². The van der Waals surface area contributed by atoms with Crippen molar-refractivity contribution < 1.29 is 4.74 Å². The Morgan fingerprint density at radius 3 is 2.81 bits per heavy atom. The first kappa shape index (κ1) is 11.7. The van der Waals surface area contributed by atoms with E-state index in [1.165, 1.54) is 43.2 Å². The largest absolute Gasteiger partial charge is 0.378 e. The van der Waals surface area contributed by atoms with Crippen LogP contribution in [0.3, 0.4) is 0 Å². The van der Waals surface area contributed by atoms with Gasteiger partial charge in [-0.1, -0.05) is 44.0 Å². The fraction of sp³-hybridized carbons (Fsp3) is 0.600. The summed E-state index contributed by atoms with van der Waals surface area (Å²) < 4.78 is 5.94. The Morgan fingerprint density at radius 1 is 1.19 bits per heavy atom. The van der Waals surface area contributed by atoms with Crippen molar-refractivity contribution in [1.82, 2.24) is 0 Å². The van der Waals surface area contributed by atoms with Gasteiger partial charge in [0, 0.05) is 6.61 Å². The van der Waals surface area contributed by atoms with Crippen LogP contribution in [-0.2, 0) is 17.6 Å². The summed E-state index contributed by atoms with van der Waals surface area (Å²) >= 11 is 0. The van der Waals surface area contributed by atoms with Crippen LogP contribution in [0, 0.1) is 0 Å². The van der Waals surface area contributed by atoms with Crippen molar-refractivity contribution in [2.45, 2.75) is 51.6 Å². The van der Waals surface area contributed by atoms with E-state index in [1.54, 1.807) is 0 Å². The molecule has 0 saturated heterocycles. The minimum absolute atomic E-state index is 0.465. The third-order valence-electron chi connectivity index (χ3n) is 3.40. The topological polar surface area (TPSA) is 9.23 Å². The predicted octanol–water partition coefficient (Wildman–Crippen LogP) is 3.75. The lowest BCUT2D eigenvalue weighted by Gasteiger charge is -2.24. The van der Waals surface area contributed by atoms with E-state index in [-0.39, 0.29) is 0 Å². The average molecular weight is 218 g/mol. The van der Waals surface area contributed by atoms with E-state index in [9.17, 15) is 0 Å². The van der Waals surface area contributed by atoms with Crippen LogP contribution in [0.1, 0.15) is 43.7 Å². The molecule has 0 aliphatic heterocycles. The summed E-state index contributed by atoms with van der Waals surface area (Å²) in [5, 5.41) is 0. The molecule has 0 bridgehead atoms. The first-order chi connectivity index (χ1) is 7.90. The van der Waals surface area contributed by atoms with Crippen molar-refractivity contribution in [2.24, 2.45) is 0 Å². The molecule has 1 heteroatoms. The predicted molar refractivity (Wildman–Crippen MR) is 67.7 cm³/mol. The maximum Gasteiger partial charge on any atom is 0.0618 e. The highest BCUT2D eigenvalue weighted by atomic mass is 16.5. The minimum Gasteiger partial charge on any atom is -0.378 e. The van der Waals surface area contributed by atoms with Gasteiger partial charge in [0.2, 0.25) is 0 Å². The quantitative estimate of drug-likeness (QED) is 0.684. The molecule has 1 unspecified atom stereocenters. The van der Waals surface area contributed by atoms with E-state index < -0.39 is 0 Å². The number of rotatable bonds is 5. The lowest BCUT2D eigenvalue weighted by molar-refractivity contribution is 0.0419. The van der Waals surface area contributed by atoms with Gasteiger partial charge in [0.25, 0.3) is 0 Å². The molecular weight excluding hydrogens is 196 g/mol. The van der Waals surface area contributed by atoms with Crippen molar-refractivity contribution in [1.29, 1.82) is 0 Å². The van der Waals surface area contributed by atoms with Crippen LogP contribution in [0.4, 0.5) is 0 Å². The van der Waals surface area contributed by atoms with Crippen molar-refractivity contribution in [2.75, 3.05) is 6.61 Å². The first-order valence-corrected chi connectivity index (χ1v) is 6.58. The summed E-state index contributed by atoms with van der Waals surface area (Å²) in [7, 11) is 0. The normalized spacial score (nSPS) is 19.4. The zero-order valence-corrected chi connectivity index (χ0v) is 10.2. The maximum atomic E-state index is 5.94. The molecule has 1 aromatic rings. The molecule has 16 heavy (non-hydrogen) atoms. The molecule has 0 saturated carbocycles. The molecular formula is C15H22O. The average Bonchev–Trinajstić information content (AvgIpc) is 2.34. The molecule has 0 N–H and O–H groups in total. The third kappa shape index (κ3) is 3.08. The van der Waals surface area contributed by atoms with Crippen LogP contribution in [0.5, 0.6) is 0 Å². The number of benzene rings is 1. The summed E-state index contributed by atoms with van der Waals surface area (Å²) in [5.41, 5.74) is 3.02. The summed E-state index contributed by atoms with van der Waals surface area (Å²) in [6.07, 6.45) is 7.75. The molecule has 0 radical (unpaired) electrons. The number of fused-ring (bicyclic) bond motifs is 1. The maximum absolute atomic E-state index is 5.94. The molecule has 0 heterocycles. The Kier molecular flexibility index (Phi) is 4.41. The van der Waals surface area contributed by atoms with Gasteiger partial charge in [-0.25, -0.2) is 0 Å². The number of aryl methyl sites for hydroxylation is 1. The fourth-order valence-electron chi connectivity index (χ4n) is 2.41. The van der Waals surface area contributed by atoms with E-state index >= 15 is 0 Å². The summed E-state index contributed by atoms with van der Waals surface area (Å²) in [6, 6.07) is 8.78. The van der Waals surface area contributed by atoms with Crippen LogP contribution in [0.2, 0.25) is 0 Å². The van der Waals surface area contributed by atoms with E-state index in [2.05, 4.69) is 31.2 Å². The third-order valence-corrected chi connectivity index (χ3v) is 3.40. The van der Waals surface area contributed by atoms with Crippen molar-refractivity contribution in [3.63, 3.8) is 0 Å². The molecule has 1 nitrogen and oxygen atoms in total. The van der Waals surface area contributed by atoms with Gasteiger partial charge in [-0.3, -0.25) is 0 Å². The highest BCUT2D eigenvalue weighted by Gasteiger charge is 2.17. The molecule has 1 aromatic carbocycles. The number of ether oxygens (including phenoxy) is 1. The SMILES string of the molecule is CCCCCOC1CCc2ccccc2C1. The van der Waals surface area contributed by atoms with Crippen molar-refractivity contribution in [3.8, 4) is 0 Å². The van der Waals surface area contributed by atoms with E-state index in [0.717, 1.165) is 13.0 Å². The number of unbranched alkanes of at least 4 members (excludes halogenated alkanes) is 2. The summed E-state index contributed by atoms with van der Waals surface area (Å²) in [4.78, 5) is 0. The van der Waals surface area contributed by atoms with Gasteiger partial charge in [-0.2, -0.15) is 0 Å². The Labute approximate surface area is 98.8 Å². The van der Waals surface area contributed by atoms with Crippen LogP contribution in [-0.4, -0.2) is 12.7 Å². The van der Waals surface area contributed by atoms with Gasteiger partial charge < -0.3 is 4.74 Å². The second kappa shape index (κ2) is 6.05. The second-order valence-corrected chi connectivity index (χ2v) is 4.71. The highest BCUT2D eigenvalue weighted by Crippen LogP contribution is 2.23. The Balaban J connectivity index is 1.79.